The molecule has 0 fully saturated rings. The summed E-state index contributed by atoms with van der Waals surface area (Å²) in [5.74, 6) is 0.708. The van der Waals surface area contributed by atoms with Gasteiger partial charge < -0.3 is 10.6 Å². The van der Waals surface area contributed by atoms with Crippen molar-refractivity contribution in [3.63, 3.8) is 0 Å². The molecule has 5 nitrogen and oxygen atoms in total. The molecule has 0 aliphatic carbocycles. The van der Waals surface area contributed by atoms with Crippen LogP contribution in [0, 0.1) is 13.8 Å². The fraction of sp³-hybridized carbons (Fsp3) is 0.267. The summed E-state index contributed by atoms with van der Waals surface area (Å²) in [6.45, 7) is 4.30. The van der Waals surface area contributed by atoms with E-state index in [4.69, 9.17) is 0 Å². The fourth-order valence-corrected chi connectivity index (χ4v) is 1.74. The molecule has 0 aliphatic heterocycles. The minimum atomic E-state index is -0.0260. The van der Waals surface area contributed by atoms with Crippen LogP contribution in [-0.2, 0) is 4.79 Å². The highest BCUT2D eigenvalue weighted by atomic mass is 16.1. The van der Waals surface area contributed by atoms with E-state index in [9.17, 15) is 4.79 Å². The Morgan fingerprint density at radius 3 is 2.70 bits per heavy atom. The molecule has 0 unspecified atom stereocenters. The van der Waals surface area contributed by atoms with Crippen LogP contribution in [-0.4, -0.2) is 22.4 Å². The normalized spacial score (nSPS) is 10.1. The van der Waals surface area contributed by atoms with E-state index in [2.05, 4.69) is 20.6 Å². The summed E-state index contributed by atoms with van der Waals surface area (Å²) in [7, 11) is 0. The van der Waals surface area contributed by atoms with Crippen molar-refractivity contribution >= 4 is 17.4 Å². The lowest BCUT2D eigenvalue weighted by molar-refractivity contribution is -0.115. The van der Waals surface area contributed by atoms with Crippen molar-refractivity contribution in [1.82, 2.24) is 9.97 Å². The van der Waals surface area contributed by atoms with Gasteiger partial charge in [-0.15, -0.1) is 0 Å². The van der Waals surface area contributed by atoms with Crippen molar-refractivity contribution < 1.29 is 4.79 Å². The topological polar surface area (TPSA) is 66.9 Å². The molecule has 104 valence electrons. The van der Waals surface area contributed by atoms with E-state index in [1.165, 1.54) is 0 Å². The van der Waals surface area contributed by atoms with Gasteiger partial charge in [0.05, 0.1) is 11.4 Å². The van der Waals surface area contributed by atoms with Gasteiger partial charge in [-0.05, 0) is 26.0 Å². The van der Waals surface area contributed by atoms with Gasteiger partial charge in [-0.3, -0.25) is 9.78 Å². The van der Waals surface area contributed by atoms with E-state index in [-0.39, 0.29) is 5.91 Å². The summed E-state index contributed by atoms with van der Waals surface area (Å²) in [6.07, 6.45) is 2.10. The van der Waals surface area contributed by atoms with Crippen molar-refractivity contribution in [2.45, 2.75) is 20.3 Å². The number of para-hydroxylation sites is 1. The van der Waals surface area contributed by atoms with Crippen LogP contribution in [0.5, 0.6) is 0 Å². The first-order chi connectivity index (χ1) is 9.65. The number of aryl methyl sites for hydroxylation is 2. The maximum absolute atomic E-state index is 11.8. The number of amides is 1. The van der Waals surface area contributed by atoms with Gasteiger partial charge in [-0.25, -0.2) is 4.98 Å². The molecule has 0 bridgehead atoms. The second-order valence-corrected chi connectivity index (χ2v) is 4.54. The van der Waals surface area contributed by atoms with Crippen molar-refractivity contribution in [2.24, 2.45) is 0 Å². The molecule has 1 heterocycles. The highest BCUT2D eigenvalue weighted by Crippen LogP contribution is 2.09. The number of nitrogens with one attached hydrogen (secondary N) is 2. The number of benzene rings is 1. The zero-order chi connectivity index (χ0) is 14.4. The van der Waals surface area contributed by atoms with E-state index in [1.807, 2.05) is 44.2 Å². The molecule has 2 rings (SSSR count). The predicted molar refractivity (Wildman–Crippen MR) is 79.7 cm³/mol. The van der Waals surface area contributed by atoms with Gasteiger partial charge in [0.25, 0.3) is 0 Å². The first-order valence-electron chi connectivity index (χ1n) is 6.54. The Bertz CT molecular complexity index is 584. The Kier molecular flexibility index (Phi) is 4.65. The lowest BCUT2D eigenvalue weighted by atomic mass is 10.3. The van der Waals surface area contributed by atoms with Gasteiger partial charge in [-0.1, -0.05) is 18.2 Å². The van der Waals surface area contributed by atoms with Gasteiger partial charge in [0.2, 0.25) is 5.91 Å². The number of hydrogen-bond acceptors (Lipinski definition) is 4. The third kappa shape index (κ3) is 4.05. The molecular weight excluding hydrogens is 252 g/mol. The number of aromatic nitrogens is 2. The second kappa shape index (κ2) is 6.65. The van der Waals surface area contributed by atoms with E-state index in [1.54, 1.807) is 6.20 Å². The third-order valence-corrected chi connectivity index (χ3v) is 2.78. The molecule has 0 aliphatic rings. The summed E-state index contributed by atoms with van der Waals surface area (Å²) in [5, 5.41) is 5.98. The summed E-state index contributed by atoms with van der Waals surface area (Å²) >= 11 is 0. The minimum Gasteiger partial charge on any atom is -0.368 e. The largest absolute Gasteiger partial charge is 0.368 e. The molecule has 1 amide bonds. The smallest absolute Gasteiger partial charge is 0.226 e. The molecule has 0 saturated heterocycles. The molecule has 1 aromatic carbocycles. The zero-order valence-electron chi connectivity index (χ0n) is 11.7. The summed E-state index contributed by atoms with van der Waals surface area (Å²) in [6, 6.07) is 9.42. The maximum Gasteiger partial charge on any atom is 0.226 e. The standard InChI is InChI=1S/C15H18N4O/c1-11-10-17-12(2)15(18-11)16-9-8-14(20)19-13-6-4-3-5-7-13/h3-7,10H,8-9H2,1-2H3,(H,16,18)(H,19,20). The zero-order valence-corrected chi connectivity index (χ0v) is 11.7. The van der Waals surface area contributed by atoms with Crippen LogP contribution in [0.3, 0.4) is 0 Å². The maximum atomic E-state index is 11.8. The molecule has 2 N–H and O–H groups in total. The van der Waals surface area contributed by atoms with Crippen LogP contribution in [0.4, 0.5) is 11.5 Å². The lowest BCUT2D eigenvalue weighted by Gasteiger charge is -2.09. The van der Waals surface area contributed by atoms with Crippen LogP contribution in [0.15, 0.2) is 36.5 Å². The predicted octanol–water partition coefficient (Wildman–Crippen LogP) is 2.53. The molecular formula is C15H18N4O. The monoisotopic (exact) mass is 270 g/mol. The second-order valence-electron chi connectivity index (χ2n) is 4.54. The highest BCUT2D eigenvalue weighted by Gasteiger charge is 2.04. The number of rotatable bonds is 5. The summed E-state index contributed by atoms with van der Waals surface area (Å²) in [5.41, 5.74) is 2.50. The van der Waals surface area contributed by atoms with Crippen LogP contribution < -0.4 is 10.6 Å². The average Bonchev–Trinajstić information content (AvgIpc) is 2.44. The first kappa shape index (κ1) is 14.0. The van der Waals surface area contributed by atoms with Gasteiger partial charge >= 0.3 is 0 Å². The number of nitrogens with zero attached hydrogens (tertiary/aromatic N) is 2. The Morgan fingerprint density at radius 2 is 1.95 bits per heavy atom. The summed E-state index contributed by atoms with van der Waals surface area (Å²) in [4.78, 5) is 20.3. The van der Waals surface area contributed by atoms with Crippen molar-refractivity contribution in [2.75, 3.05) is 17.2 Å². The first-order valence-corrected chi connectivity index (χ1v) is 6.54. The molecule has 0 saturated carbocycles. The number of carbonyl (C=O) groups excluding carboxylic acids is 1. The van der Waals surface area contributed by atoms with Gasteiger partial charge in [0.1, 0.15) is 5.82 Å². The van der Waals surface area contributed by atoms with E-state index in [0.717, 1.165) is 22.9 Å². The van der Waals surface area contributed by atoms with Crippen LogP contribution in [0.25, 0.3) is 0 Å². The minimum absolute atomic E-state index is 0.0260. The van der Waals surface area contributed by atoms with Crippen LogP contribution in [0.1, 0.15) is 17.8 Å². The fourth-order valence-electron chi connectivity index (χ4n) is 1.74. The van der Waals surface area contributed by atoms with Gasteiger partial charge in [-0.2, -0.15) is 0 Å². The van der Waals surface area contributed by atoms with Gasteiger partial charge in [0, 0.05) is 24.8 Å². The Balaban J connectivity index is 1.81. The molecule has 1 aromatic heterocycles. The van der Waals surface area contributed by atoms with Crippen molar-refractivity contribution in [3.8, 4) is 0 Å². The summed E-state index contributed by atoms with van der Waals surface area (Å²) < 4.78 is 0. The Morgan fingerprint density at radius 1 is 1.20 bits per heavy atom. The molecule has 5 heteroatoms. The molecule has 0 spiro atoms. The SMILES string of the molecule is Cc1cnc(C)c(NCCC(=O)Nc2ccccc2)n1. The average molecular weight is 270 g/mol. The highest BCUT2D eigenvalue weighted by molar-refractivity contribution is 5.90. The number of carbonyl (C=O) groups is 1. The molecule has 0 atom stereocenters. The van der Waals surface area contributed by atoms with Crippen molar-refractivity contribution in [3.05, 3.63) is 47.9 Å². The van der Waals surface area contributed by atoms with Crippen LogP contribution >= 0.6 is 0 Å². The van der Waals surface area contributed by atoms with Gasteiger partial charge in [0.15, 0.2) is 0 Å². The third-order valence-electron chi connectivity index (χ3n) is 2.78. The molecule has 20 heavy (non-hydrogen) atoms. The van der Waals surface area contributed by atoms with E-state index < -0.39 is 0 Å². The van der Waals surface area contributed by atoms with Crippen LogP contribution in [0.2, 0.25) is 0 Å². The lowest BCUT2D eigenvalue weighted by Crippen LogP contribution is -2.17. The quantitative estimate of drug-likeness (QED) is 0.876. The number of hydrogen-bond donors (Lipinski definition) is 2. The van der Waals surface area contributed by atoms with Crippen molar-refractivity contribution in [1.29, 1.82) is 0 Å². The Hall–Kier alpha value is -2.43. The van der Waals surface area contributed by atoms with E-state index in [0.29, 0.717) is 13.0 Å². The number of anilines is 2. The Labute approximate surface area is 118 Å². The molecule has 2 aromatic rings. The molecule has 0 radical (unpaired) electrons. The van der Waals surface area contributed by atoms with E-state index >= 15 is 0 Å².